The molecule has 0 aromatic carbocycles. The fourth-order valence-corrected chi connectivity index (χ4v) is 3.61. The Labute approximate surface area is 117 Å². The van der Waals surface area contributed by atoms with Crippen LogP contribution in [0.1, 0.15) is 46.0 Å². The third-order valence-electron chi connectivity index (χ3n) is 4.61. The zero-order chi connectivity index (χ0) is 13.7. The molecule has 2 rings (SSSR count). The fourth-order valence-electron chi connectivity index (χ4n) is 3.61. The predicted octanol–water partition coefficient (Wildman–Crippen LogP) is 1.91. The molecule has 1 N–H and O–H groups in total. The highest BCUT2D eigenvalue weighted by molar-refractivity contribution is 5.13. The quantitative estimate of drug-likeness (QED) is 0.825. The summed E-state index contributed by atoms with van der Waals surface area (Å²) in [6, 6.07) is 3.10. The maximum Gasteiger partial charge on any atom is 0.108 e. The summed E-state index contributed by atoms with van der Waals surface area (Å²) in [5, 5.41) is 12.8. The minimum atomic E-state index is -0.268. The van der Waals surface area contributed by atoms with E-state index in [0.29, 0.717) is 12.1 Å². The number of rotatable bonds is 5. The zero-order valence-corrected chi connectivity index (χ0v) is 12.3. The number of ether oxygens (including phenoxy) is 1. The minimum Gasteiger partial charge on any atom is -0.378 e. The average molecular weight is 265 g/mol. The fraction of sp³-hybridized carbons (Fsp3) is 0.933. The average Bonchev–Trinajstić information content (AvgIpc) is 2.85. The van der Waals surface area contributed by atoms with E-state index in [2.05, 4.69) is 30.1 Å². The lowest BCUT2D eigenvalue weighted by Crippen LogP contribution is -2.46. The highest BCUT2D eigenvalue weighted by atomic mass is 16.5. The highest BCUT2D eigenvalue weighted by Crippen LogP contribution is 2.34. The van der Waals surface area contributed by atoms with Crippen LogP contribution in [0.25, 0.3) is 0 Å². The molecule has 2 atom stereocenters. The van der Waals surface area contributed by atoms with Gasteiger partial charge in [-0.3, -0.25) is 5.32 Å². The van der Waals surface area contributed by atoms with E-state index in [-0.39, 0.29) is 5.54 Å². The first-order chi connectivity index (χ1) is 9.23. The van der Waals surface area contributed by atoms with Gasteiger partial charge in [0.15, 0.2) is 0 Å². The molecule has 108 valence electrons. The molecule has 4 nitrogen and oxygen atoms in total. The van der Waals surface area contributed by atoms with E-state index in [4.69, 9.17) is 4.74 Å². The number of likely N-dealkylation sites (tertiary alicyclic amines) is 1. The Morgan fingerprint density at radius 3 is 2.63 bits per heavy atom. The van der Waals surface area contributed by atoms with E-state index in [1.54, 1.807) is 0 Å². The summed E-state index contributed by atoms with van der Waals surface area (Å²) in [5.41, 5.74) is -0.268. The summed E-state index contributed by atoms with van der Waals surface area (Å²) in [5.74, 6) is 0. The van der Waals surface area contributed by atoms with Gasteiger partial charge in [0.2, 0.25) is 0 Å². The highest BCUT2D eigenvalue weighted by Gasteiger charge is 2.41. The van der Waals surface area contributed by atoms with Crippen molar-refractivity contribution in [3.8, 4) is 6.07 Å². The second-order valence-corrected chi connectivity index (χ2v) is 5.81. The van der Waals surface area contributed by atoms with Crippen molar-refractivity contribution in [2.45, 2.75) is 63.6 Å². The van der Waals surface area contributed by atoms with Crippen LogP contribution in [0.4, 0.5) is 0 Å². The minimum absolute atomic E-state index is 0.268. The van der Waals surface area contributed by atoms with Crippen LogP contribution in [0.2, 0.25) is 0 Å². The first-order valence-electron chi connectivity index (χ1n) is 7.75. The maximum absolute atomic E-state index is 9.42. The Kier molecular flexibility index (Phi) is 5.20. The lowest BCUT2D eigenvalue weighted by Gasteiger charge is -2.36. The van der Waals surface area contributed by atoms with Crippen molar-refractivity contribution < 1.29 is 4.74 Å². The number of nitrogens with one attached hydrogen (secondary N) is 1. The molecule has 0 spiro atoms. The van der Waals surface area contributed by atoms with Gasteiger partial charge < -0.3 is 9.64 Å². The molecule has 0 aromatic heterocycles. The van der Waals surface area contributed by atoms with Crippen LogP contribution in [0.5, 0.6) is 0 Å². The molecule has 0 aromatic rings. The Hall–Kier alpha value is -0.630. The lowest BCUT2D eigenvalue weighted by molar-refractivity contribution is 0.00417. The molecular formula is C15H27N3O. The van der Waals surface area contributed by atoms with Gasteiger partial charge in [0, 0.05) is 25.7 Å². The molecule has 0 amide bonds. The van der Waals surface area contributed by atoms with Crippen LogP contribution in [0.15, 0.2) is 0 Å². The van der Waals surface area contributed by atoms with Crippen LogP contribution in [-0.2, 0) is 4.74 Å². The molecule has 0 bridgehead atoms. The third kappa shape index (κ3) is 3.47. The van der Waals surface area contributed by atoms with E-state index >= 15 is 0 Å². The molecule has 1 heterocycles. The monoisotopic (exact) mass is 265 g/mol. The van der Waals surface area contributed by atoms with Gasteiger partial charge >= 0.3 is 0 Å². The normalized spacial score (nSPS) is 33.4. The molecule has 1 saturated heterocycles. The second kappa shape index (κ2) is 6.69. The van der Waals surface area contributed by atoms with Crippen molar-refractivity contribution in [2.24, 2.45) is 0 Å². The van der Waals surface area contributed by atoms with Gasteiger partial charge in [-0.05, 0) is 45.6 Å². The second-order valence-electron chi connectivity index (χ2n) is 5.81. The Morgan fingerprint density at radius 2 is 2.05 bits per heavy atom. The van der Waals surface area contributed by atoms with E-state index in [9.17, 15) is 5.26 Å². The van der Waals surface area contributed by atoms with Gasteiger partial charge in [-0.15, -0.1) is 0 Å². The van der Waals surface area contributed by atoms with Gasteiger partial charge in [0.05, 0.1) is 12.2 Å². The zero-order valence-electron chi connectivity index (χ0n) is 12.3. The third-order valence-corrected chi connectivity index (χ3v) is 4.61. The molecule has 2 aliphatic rings. The van der Waals surface area contributed by atoms with E-state index in [1.165, 1.54) is 0 Å². The Balaban J connectivity index is 1.83. The van der Waals surface area contributed by atoms with Crippen molar-refractivity contribution in [1.29, 1.82) is 5.26 Å². The molecule has 1 saturated carbocycles. The topological polar surface area (TPSA) is 48.3 Å². The van der Waals surface area contributed by atoms with Crippen molar-refractivity contribution in [2.75, 3.05) is 26.2 Å². The van der Waals surface area contributed by atoms with E-state index in [1.807, 2.05) is 0 Å². The number of hydrogen-bond acceptors (Lipinski definition) is 4. The molecule has 2 unspecified atom stereocenters. The van der Waals surface area contributed by atoms with Gasteiger partial charge in [-0.1, -0.05) is 6.92 Å². The predicted molar refractivity (Wildman–Crippen MR) is 75.9 cm³/mol. The van der Waals surface area contributed by atoms with Crippen LogP contribution < -0.4 is 5.32 Å². The van der Waals surface area contributed by atoms with Gasteiger partial charge in [0.1, 0.15) is 5.54 Å². The summed E-state index contributed by atoms with van der Waals surface area (Å²) in [6.45, 7) is 8.12. The van der Waals surface area contributed by atoms with E-state index < -0.39 is 0 Å². The summed E-state index contributed by atoms with van der Waals surface area (Å²) < 4.78 is 5.70. The smallest absolute Gasteiger partial charge is 0.108 e. The SMILES string of the molecule is CCNC1(C#N)CCC(N2CCC(OCC)CC2)C1. The first kappa shape index (κ1) is 14.8. The van der Waals surface area contributed by atoms with Crippen molar-refractivity contribution >= 4 is 0 Å². The van der Waals surface area contributed by atoms with Gasteiger partial charge in [0.25, 0.3) is 0 Å². The molecule has 2 fully saturated rings. The number of hydrogen-bond donors (Lipinski definition) is 1. The van der Waals surface area contributed by atoms with Gasteiger partial charge in [-0.25, -0.2) is 0 Å². The largest absolute Gasteiger partial charge is 0.378 e. The molecule has 1 aliphatic carbocycles. The molecule has 19 heavy (non-hydrogen) atoms. The molecule has 1 aliphatic heterocycles. The van der Waals surface area contributed by atoms with Crippen molar-refractivity contribution in [3.63, 3.8) is 0 Å². The lowest BCUT2D eigenvalue weighted by atomic mass is 9.98. The number of piperidine rings is 1. The first-order valence-corrected chi connectivity index (χ1v) is 7.75. The summed E-state index contributed by atoms with van der Waals surface area (Å²) in [4.78, 5) is 2.58. The van der Waals surface area contributed by atoms with Crippen molar-refractivity contribution in [3.05, 3.63) is 0 Å². The Morgan fingerprint density at radius 1 is 1.32 bits per heavy atom. The van der Waals surface area contributed by atoms with E-state index in [0.717, 1.165) is 58.3 Å². The van der Waals surface area contributed by atoms with Crippen LogP contribution in [-0.4, -0.2) is 48.8 Å². The molecular weight excluding hydrogens is 238 g/mol. The van der Waals surface area contributed by atoms with Gasteiger partial charge in [-0.2, -0.15) is 5.26 Å². The Bertz CT molecular complexity index is 320. The van der Waals surface area contributed by atoms with Crippen molar-refractivity contribution in [1.82, 2.24) is 10.2 Å². The summed E-state index contributed by atoms with van der Waals surface area (Å²) >= 11 is 0. The summed E-state index contributed by atoms with van der Waals surface area (Å²) in [7, 11) is 0. The number of nitrogens with zero attached hydrogens (tertiary/aromatic N) is 2. The van der Waals surface area contributed by atoms with Crippen LogP contribution in [0.3, 0.4) is 0 Å². The number of nitriles is 1. The maximum atomic E-state index is 9.42. The summed E-state index contributed by atoms with van der Waals surface area (Å²) in [6.07, 6.45) is 5.87. The standard InChI is InChI=1S/C15H27N3O/c1-3-17-15(12-16)8-5-13(11-15)18-9-6-14(7-10-18)19-4-2/h13-14,17H,3-11H2,1-2H3. The molecule has 0 radical (unpaired) electrons. The van der Waals surface area contributed by atoms with Crippen LogP contribution in [0, 0.1) is 11.3 Å². The molecule has 4 heteroatoms. The van der Waals surface area contributed by atoms with Crippen LogP contribution >= 0.6 is 0 Å².